The lowest BCUT2D eigenvalue weighted by atomic mass is 10.1. The maximum Gasteiger partial charge on any atom is 0.0870 e. The number of nitrogens with one attached hydrogen (secondary N) is 1. The summed E-state index contributed by atoms with van der Waals surface area (Å²) in [7, 11) is 0. The lowest BCUT2D eigenvalue weighted by molar-refractivity contribution is 0.198. The summed E-state index contributed by atoms with van der Waals surface area (Å²) in [6.45, 7) is 4.29. The van der Waals surface area contributed by atoms with Gasteiger partial charge in [-0.1, -0.05) is 12.1 Å². The fraction of sp³-hybridized carbons (Fsp3) is 0.357. The molecule has 3 heterocycles. The lowest BCUT2D eigenvalue weighted by Gasteiger charge is -2.34. The third kappa shape index (κ3) is 3.93. The van der Waals surface area contributed by atoms with Gasteiger partial charge in [-0.25, -0.2) is 0 Å². The van der Waals surface area contributed by atoms with Crippen LogP contribution in [-0.4, -0.2) is 36.1 Å². The minimum absolute atomic E-state index is 0. The van der Waals surface area contributed by atoms with Crippen LogP contribution in [-0.2, 0) is 0 Å². The van der Waals surface area contributed by atoms with Crippen molar-refractivity contribution >= 4 is 36.2 Å². The highest BCUT2D eigenvalue weighted by Crippen LogP contribution is 2.30. The highest BCUT2D eigenvalue weighted by Gasteiger charge is 2.25. The summed E-state index contributed by atoms with van der Waals surface area (Å²) in [5.74, 6) is 0. The molecule has 1 fully saturated rings. The van der Waals surface area contributed by atoms with Crippen molar-refractivity contribution in [2.24, 2.45) is 0 Å². The Morgan fingerprint density at radius 1 is 1.10 bits per heavy atom. The molecule has 1 aliphatic rings. The highest BCUT2D eigenvalue weighted by molar-refractivity contribution is 7.10. The van der Waals surface area contributed by atoms with Crippen LogP contribution in [0.2, 0.25) is 0 Å². The van der Waals surface area contributed by atoms with E-state index in [2.05, 4.69) is 44.8 Å². The van der Waals surface area contributed by atoms with Crippen LogP contribution in [0.1, 0.15) is 16.6 Å². The minimum Gasteiger partial charge on any atom is -0.314 e. The Hall–Kier alpha value is -0.650. The topological polar surface area (TPSA) is 28.2 Å². The normalized spacial score (nSPS) is 16.8. The molecular formula is C14H19Cl2N3S. The number of thiophene rings is 1. The van der Waals surface area contributed by atoms with Crippen LogP contribution in [0.4, 0.5) is 0 Å². The standard InChI is InChI=1S/C14H17N3S.2ClH/c1-2-6-16-12(4-1)14(13-5-3-11-18-13)17-9-7-15-8-10-17;;/h1-6,11,14-15H,7-10H2;2*1H/t14-;;/m1../s1. The van der Waals surface area contributed by atoms with Gasteiger partial charge < -0.3 is 5.32 Å². The number of pyridine rings is 1. The predicted molar refractivity (Wildman–Crippen MR) is 89.3 cm³/mol. The van der Waals surface area contributed by atoms with Crippen LogP contribution >= 0.6 is 36.2 Å². The van der Waals surface area contributed by atoms with Crippen molar-refractivity contribution in [3.8, 4) is 0 Å². The van der Waals surface area contributed by atoms with Gasteiger partial charge in [0.25, 0.3) is 0 Å². The molecule has 0 radical (unpaired) electrons. The van der Waals surface area contributed by atoms with Crippen molar-refractivity contribution in [2.45, 2.75) is 6.04 Å². The smallest absolute Gasteiger partial charge is 0.0870 e. The van der Waals surface area contributed by atoms with E-state index in [9.17, 15) is 0 Å². The molecule has 3 nitrogen and oxygen atoms in total. The lowest BCUT2D eigenvalue weighted by Crippen LogP contribution is -2.45. The molecule has 1 N–H and O–H groups in total. The molecule has 20 heavy (non-hydrogen) atoms. The molecule has 0 spiro atoms. The highest BCUT2D eigenvalue weighted by atomic mass is 35.5. The van der Waals surface area contributed by atoms with Crippen molar-refractivity contribution in [2.75, 3.05) is 26.2 Å². The molecule has 1 atom stereocenters. The monoisotopic (exact) mass is 331 g/mol. The summed E-state index contributed by atoms with van der Waals surface area (Å²) in [6, 6.07) is 10.8. The average Bonchev–Trinajstić information content (AvgIpc) is 2.95. The third-order valence-corrected chi connectivity index (χ3v) is 4.22. The Bertz CT molecular complexity index is 472. The second-order valence-corrected chi connectivity index (χ2v) is 5.44. The number of aromatic nitrogens is 1. The molecule has 0 saturated carbocycles. The second kappa shape index (κ2) is 8.60. The van der Waals surface area contributed by atoms with Crippen LogP contribution in [0.25, 0.3) is 0 Å². The van der Waals surface area contributed by atoms with Crippen molar-refractivity contribution in [1.29, 1.82) is 0 Å². The van der Waals surface area contributed by atoms with E-state index in [0.717, 1.165) is 31.9 Å². The molecule has 0 aliphatic carbocycles. The van der Waals surface area contributed by atoms with Crippen molar-refractivity contribution in [3.05, 3.63) is 52.5 Å². The van der Waals surface area contributed by atoms with Crippen LogP contribution in [0.3, 0.4) is 0 Å². The predicted octanol–water partition coefficient (Wildman–Crippen LogP) is 2.98. The largest absolute Gasteiger partial charge is 0.314 e. The summed E-state index contributed by atoms with van der Waals surface area (Å²) in [6.07, 6.45) is 1.89. The maximum atomic E-state index is 4.55. The average molecular weight is 332 g/mol. The fourth-order valence-electron chi connectivity index (χ4n) is 2.44. The molecule has 1 aliphatic heterocycles. The zero-order chi connectivity index (χ0) is 12.2. The van der Waals surface area contributed by atoms with Crippen molar-refractivity contribution in [3.63, 3.8) is 0 Å². The molecule has 110 valence electrons. The number of piperazine rings is 1. The van der Waals surface area contributed by atoms with E-state index in [1.165, 1.54) is 4.88 Å². The zero-order valence-electron chi connectivity index (χ0n) is 11.1. The van der Waals surface area contributed by atoms with Crippen LogP contribution in [0.15, 0.2) is 41.9 Å². The SMILES string of the molecule is Cl.Cl.c1ccc([C@H](c2cccs2)N2CCNCC2)nc1. The molecule has 0 bridgehead atoms. The van der Waals surface area contributed by atoms with Crippen LogP contribution in [0, 0.1) is 0 Å². The quantitative estimate of drug-likeness (QED) is 0.937. The minimum atomic E-state index is 0. The second-order valence-electron chi connectivity index (χ2n) is 4.46. The van der Waals surface area contributed by atoms with Gasteiger partial charge in [-0.2, -0.15) is 0 Å². The summed E-state index contributed by atoms with van der Waals surface area (Å²) in [4.78, 5) is 8.46. The molecule has 1 saturated heterocycles. The van der Waals surface area contributed by atoms with Gasteiger partial charge in [0.05, 0.1) is 11.7 Å². The summed E-state index contributed by atoms with van der Waals surface area (Å²) in [5, 5.41) is 5.55. The molecule has 3 rings (SSSR count). The summed E-state index contributed by atoms with van der Waals surface area (Å²) in [5.41, 5.74) is 1.15. The van der Waals surface area contributed by atoms with E-state index in [1.54, 1.807) is 0 Å². The molecule has 2 aromatic heterocycles. The first kappa shape index (κ1) is 17.4. The van der Waals surface area contributed by atoms with Gasteiger partial charge in [-0.05, 0) is 23.6 Å². The fourth-order valence-corrected chi connectivity index (χ4v) is 3.31. The Balaban J connectivity index is 0.000001000. The van der Waals surface area contributed by atoms with Crippen molar-refractivity contribution < 1.29 is 0 Å². The number of hydrogen-bond donors (Lipinski definition) is 1. The maximum absolute atomic E-state index is 4.55. The van der Waals surface area contributed by atoms with E-state index < -0.39 is 0 Å². The number of hydrogen-bond acceptors (Lipinski definition) is 4. The van der Waals surface area contributed by atoms with E-state index in [1.807, 2.05) is 23.6 Å². The van der Waals surface area contributed by atoms with E-state index in [0.29, 0.717) is 6.04 Å². The van der Waals surface area contributed by atoms with E-state index in [4.69, 9.17) is 0 Å². The van der Waals surface area contributed by atoms with Gasteiger partial charge in [0, 0.05) is 37.3 Å². The summed E-state index contributed by atoms with van der Waals surface area (Å²) >= 11 is 1.82. The van der Waals surface area contributed by atoms with Gasteiger partial charge in [-0.15, -0.1) is 36.2 Å². The Morgan fingerprint density at radius 2 is 1.90 bits per heavy atom. The first-order valence-electron chi connectivity index (χ1n) is 6.34. The number of nitrogens with zero attached hydrogens (tertiary/aromatic N) is 2. The van der Waals surface area contributed by atoms with Gasteiger partial charge in [0.15, 0.2) is 0 Å². The molecule has 6 heteroatoms. The first-order valence-corrected chi connectivity index (χ1v) is 7.22. The summed E-state index contributed by atoms with van der Waals surface area (Å²) < 4.78 is 0. The van der Waals surface area contributed by atoms with E-state index in [-0.39, 0.29) is 24.8 Å². The van der Waals surface area contributed by atoms with Crippen LogP contribution < -0.4 is 5.32 Å². The van der Waals surface area contributed by atoms with Gasteiger partial charge in [0.1, 0.15) is 0 Å². The molecular weight excluding hydrogens is 313 g/mol. The van der Waals surface area contributed by atoms with Crippen molar-refractivity contribution in [1.82, 2.24) is 15.2 Å². The molecule has 2 aromatic rings. The first-order chi connectivity index (χ1) is 8.95. The number of rotatable bonds is 3. The zero-order valence-corrected chi connectivity index (χ0v) is 13.5. The Morgan fingerprint density at radius 3 is 2.50 bits per heavy atom. The van der Waals surface area contributed by atoms with E-state index >= 15 is 0 Å². The van der Waals surface area contributed by atoms with Crippen LogP contribution in [0.5, 0.6) is 0 Å². The molecule has 0 unspecified atom stereocenters. The Kier molecular flexibility index (Phi) is 7.48. The van der Waals surface area contributed by atoms with Gasteiger partial charge in [-0.3, -0.25) is 9.88 Å². The number of halogens is 2. The third-order valence-electron chi connectivity index (χ3n) is 3.30. The van der Waals surface area contributed by atoms with Gasteiger partial charge >= 0.3 is 0 Å². The Labute approximate surface area is 136 Å². The molecule has 0 aromatic carbocycles. The van der Waals surface area contributed by atoms with Gasteiger partial charge in [0.2, 0.25) is 0 Å². The molecule has 0 amide bonds.